The van der Waals surface area contributed by atoms with Gasteiger partial charge in [0.1, 0.15) is 8.07 Å². The van der Waals surface area contributed by atoms with Crippen LogP contribution in [-0.4, -0.2) is 14.0 Å². The molecule has 0 heterocycles. The third kappa shape index (κ3) is 7.25. The third-order valence-corrected chi connectivity index (χ3v) is 1.41. The summed E-state index contributed by atoms with van der Waals surface area (Å²) in [5.74, 6) is 0.723. The SMILES string of the molecule is C[Si](C)(C)C#CC([O])=O. The molecule has 0 aliphatic heterocycles. The van der Waals surface area contributed by atoms with Gasteiger partial charge in [0, 0.05) is 5.92 Å². The molecular formula is C6H9O2Si. The average molecular weight is 141 g/mol. The third-order valence-electron chi connectivity index (χ3n) is 0.540. The van der Waals surface area contributed by atoms with E-state index in [4.69, 9.17) is 0 Å². The Morgan fingerprint density at radius 3 is 1.89 bits per heavy atom. The van der Waals surface area contributed by atoms with Crippen molar-refractivity contribution in [2.24, 2.45) is 0 Å². The summed E-state index contributed by atoms with van der Waals surface area (Å²) in [7, 11) is -1.50. The highest BCUT2D eigenvalue weighted by atomic mass is 28.3. The molecule has 9 heavy (non-hydrogen) atoms. The zero-order chi connectivity index (χ0) is 7.49. The second-order valence-corrected chi connectivity index (χ2v) is 7.54. The van der Waals surface area contributed by atoms with Crippen molar-refractivity contribution in [3.05, 3.63) is 0 Å². The number of rotatable bonds is 0. The quantitative estimate of drug-likeness (QED) is 0.363. The van der Waals surface area contributed by atoms with Crippen molar-refractivity contribution in [1.29, 1.82) is 0 Å². The van der Waals surface area contributed by atoms with E-state index in [9.17, 15) is 9.90 Å². The zero-order valence-corrected chi connectivity index (χ0v) is 6.82. The molecule has 0 aromatic rings. The minimum atomic E-state index is -1.50. The monoisotopic (exact) mass is 141 g/mol. The average Bonchev–Trinajstić information content (AvgIpc) is 1.59. The van der Waals surface area contributed by atoms with Gasteiger partial charge in [0.2, 0.25) is 0 Å². The van der Waals surface area contributed by atoms with Crippen LogP contribution in [0.3, 0.4) is 0 Å². The highest BCUT2D eigenvalue weighted by molar-refractivity contribution is 6.84. The number of carbonyl (C=O) groups is 1. The summed E-state index contributed by atoms with van der Waals surface area (Å²) < 4.78 is 0. The van der Waals surface area contributed by atoms with Crippen molar-refractivity contribution in [2.45, 2.75) is 19.6 Å². The van der Waals surface area contributed by atoms with Gasteiger partial charge in [0.25, 0.3) is 0 Å². The van der Waals surface area contributed by atoms with Gasteiger partial charge in [0.05, 0.1) is 0 Å². The van der Waals surface area contributed by atoms with Gasteiger partial charge in [0.15, 0.2) is 0 Å². The zero-order valence-electron chi connectivity index (χ0n) is 5.82. The molecule has 0 amide bonds. The fraction of sp³-hybridized carbons (Fsp3) is 0.500. The van der Waals surface area contributed by atoms with Crippen LogP contribution in [0, 0.1) is 11.5 Å². The Kier molecular flexibility index (Phi) is 2.47. The van der Waals surface area contributed by atoms with E-state index in [2.05, 4.69) is 5.54 Å². The maximum absolute atomic E-state index is 9.78. The highest BCUT2D eigenvalue weighted by Crippen LogP contribution is 1.95. The fourth-order valence-electron chi connectivity index (χ4n) is 0.239. The molecule has 0 aliphatic rings. The molecule has 0 spiro atoms. The minimum absolute atomic E-state index is 1.28. The molecule has 3 heteroatoms. The molecule has 0 bridgehead atoms. The highest BCUT2D eigenvalue weighted by Gasteiger charge is 2.08. The van der Waals surface area contributed by atoms with Gasteiger partial charge >= 0.3 is 5.97 Å². The van der Waals surface area contributed by atoms with Gasteiger partial charge in [-0.15, -0.1) is 5.54 Å². The Hall–Kier alpha value is -0.753. The molecule has 0 saturated carbocycles. The van der Waals surface area contributed by atoms with Crippen molar-refractivity contribution in [3.8, 4) is 11.5 Å². The summed E-state index contributed by atoms with van der Waals surface area (Å²) in [6.45, 7) is 5.93. The molecule has 0 rings (SSSR count). The van der Waals surface area contributed by atoms with Crippen LogP contribution in [0.15, 0.2) is 0 Å². The lowest BCUT2D eigenvalue weighted by molar-refractivity contribution is -0.136. The molecule has 0 N–H and O–H groups in total. The summed E-state index contributed by atoms with van der Waals surface area (Å²) in [5, 5.41) is 9.78. The number of hydrogen-bond donors (Lipinski definition) is 0. The van der Waals surface area contributed by atoms with Gasteiger partial charge in [-0.25, -0.2) is 9.90 Å². The van der Waals surface area contributed by atoms with Crippen LogP contribution >= 0.6 is 0 Å². The Morgan fingerprint density at radius 1 is 1.33 bits per heavy atom. The second-order valence-electron chi connectivity index (χ2n) is 2.79. The first-order valence-electron chi connectivity index (χ1n) is 2.66. The fourth-order valence-corrected chi connectivity index (χ4v) is 0.716. The summed E-state index contributed by atoms with van der Waals surface area (Å²) in [6.07, 6.45) is 0. The Morgan fingerprint density at radius 2 is 1.78 bits per heavy atom. The van der Waals surface area contributed by atoms with E-state index >= 15 is 0 Å². The molecule has 0 aliphatic carbocycles. The van der Waals surface area contributed by atoms with Gasteiger partial charge in [-0.2, -0.15) is 0 Å². The summed E-state index contributed by atoms with van der Waals surface area (Å²) >= 11 is 0. The van der Waals surface area contributed by atoms with Gasteiger partial charge < -0.3 is 0 Å². The van der Waals surface area contributed by atoms with E-state index in [1.165, 1.54) is 0 Å². The van der Waals surface area contributed by atoms with E-state index in [-0.39, 0.29) is 0 Å². The normalized spacial score (nSPS) is 9.67. The number of carbonyl (C=O) groups excluding carboxylic acids is 1. The molecular weight excluding hydrogens is 132 g/mol. The Labute approximate surface area is 55.9 Å². The molecule has 49 valence electrons. The van der Waals surface area contributed by atoms with E-state index in [0.717, 1.165) is 0 Å². The molecule has 0 saturated heterocycles. The van der Waals surface area contributed by atoms with Crippen molar-refractivity contribution in [1.82, 2.24) is 0 Å². The van der Waals surface area contributed by atoms with Crippen LogP contribution in [-0.2, 0) is 9.90 Å². The smallest absolute Gasteiger partial charge is 0.232 e. The van der Waals surface area contributed by atoms with Crippen LogP contribution in [0.25, 0.3) is 0 Å². The van der Waals surface area contributed by atoms with E-state index in [1.807, 2.05) is 25.6 Å². The van der Waals surface area contributed by atoms with E-state index < -0.39 is 14.0 Å². The molecule has 1 radical (unpaired) electrons. The molecule has 0 fully saturated rings. The maximum atomic E-state index is 9.78. The Bertz CT molecular complexity index is 168. The van der Waals surface area contributed by atoms with Crippen LogP contribution in [0.2, 0.25) is 19.6 Å². The van der Waals surface area contributed by atoms with Crippen molar-refractivity contribution in [2.75, 3.05) is 0 Å². The Balaban J connectivity index is 4.04. The minimum Gasteiger partial charge on any atom is -0.232 e. The van der Waals surface area contributed by atoms with Gasteiger partial charge in [-0.1, -0.05) is 19.6 Å². The lowest BCUT2D eigenvalue weighted by Crippen LogP contribution is -2.16. The van der Waals surface area contributed by atoms with Crippen molar-refractivity contribution < 1.29 is 9.90 Å². The molecule has 0 aromatic heterocycles. The number of hydrogen-bond acceptors (Lipinski definition) is 1. The first kappa shape index (κ1) is 8.25. The van der Waals surface area contributed by atoms with Crippen LogP contribution in [0.4, 0.5) is 0 Å². The molecule has 0 aromatic carbocycles. The topological polar surface area (TPSA) is 37.0 Å². The van der Waals surface area contributed by atoms with Gasteiger partial charge in [-0.3, -0.25) is 0 Å². The molecule has 0 atom stereocenters. The van der Waals surface area contributed by atoms with Crippen molar-refractivity contribution in [3.63, 3.8) is 0 Å². The first-order valence-corrected chi connectivity index (χ1v) is 6.16. The molecule has 0 unspecified atom stereocenters. The maximum Gasteiger partial charge on any atom is 0.429 e. The summed E-state index contributed by atoms with van der Waals surface area (Å²) in [4.78, 5) is 9.78. The van der Waals surface area contributed by atoms with Crippen LogP contribution in [0.5, 0.6) is 0 Å². The second kappa shape index (κ2) is 2.69. The largest absolute Gasteiger partial charge is 0.429 e. The predicted molar refractivity (Wildman–Crippen MR) is 36.8 cm³/mol. The van der Waals surface area contributed by atoms with Crippen molar-refractivity contribution >= 4 is 14.0 Å². The predicted octanol–water partition coefficient (Wildman–Crippen LogP) is 0.824. The van der Waals surface area contributed by atoms with Crippen LogP contribution < -0.4 is 0 Å². The summed E-state index contributed by atoms with van der Waals surface area (Å²) in [6, 6.07) is 0. The first-order chi connectivity index (χ1) is 3.92. The van der Waals surface area contributed by atoms with Gasteiger partial charge in [-0.05, 0) is 0 Å². The van der Waals surface area contributed by atoms with E-state index in [1.54, 1.807) is 0 Å². The lowest BCUT2D eigenvalue weighted by atomic mass is 10.7. The molecule has 2 nitrogen and oxygen atoms in total. The van der Waals surface area contributed by atoms with Crippen LogP contribution in [0.1, 0.15) is 0 Å². The standard InChI is InChI=1S/C6H9O2Si/c1-9(2,3)5-4-6(7)8/h1-3H3. The van der Waals surface area contributed by atoms with E-state index in [0.29, 0.717) is 0 Å². The lowest BCUT2D eigenvalue weighted by Gasteiger charge is -2.01. The summed E-state index contributed by atoms with van der Waals surface area (Å²) in [5.41, 5.74) is 2.65.